The molecule has 0 saturated carbocycles. The van der Waals surface area contributed by atoms with E-state index >= 15 is 0 Å². The summed E-state index contributed by atoms with van der Waals surface area (Å²) in [5, 5.41) is 13.2. The van der Waals surface area contributed by atoms with Gasteiger partial charge in [0.05, 0.1) is 16.8 Å². The first-order chi connectivity index (χ1) is 9.47. The van der Waals surface area contributed by atoms with Crippen molar-refractivity contribution in [1.82, 2.24) is 4.98 Å². The number of rotatable bonds is 3. The zero-order valence-corrected chi connectivity index (χ0v) is 11.2. The van der Waals surface area contributed by atoms with Crippen LogP contribution in [0.25, 0.3) is 0 Å². The molecular formula is C13H10ClN3O3. The number of anilines is 1. The minimum absolute atomic E-state index is 0.0787. The lowest BCUT2D eigenvalue weighted by molar-refractivity contribution is -0.384. The number of nitro benzene ring substituents is 1. The Morgan fingerprint density at radius 2 is 2.10 bits per heavy atom. The average molecular weight is 292 g/mol. The van der Waals surface area contributed by atoms with E-state index in [1.807, 2.05) is 6.92 Å². The van der Waals surface area contributed by atoms with Crippen molar-refractivity contribution >= 4 is 28.9 Å². The number of nitrogens with one attached hydrogen (secondary N) is 1. The van der Waals surface area contributed by atoms with E-state index in [0.29, 0.717) is 5.69 Å². The molecule has 0 unspecified atom stereocenters. The Hall–Kier alpha value is -2.47. The molecule has 20 heavy (non-hydrogen) atoms. The van der Waals surface area contributed by atoms with Crippen LogP contribution in [-0.4, -0.2) is 15.8 Å². The fraction of sp³-hybridized carbons (Fsp3) is 0.0769. The molecule has 1 amide bonds. The molecule has 0 aliphatic rings. The predicted octanol–water partition coefficient (Wildman–Crippen LogP) is 3.20. The molecule has 0 bridgehead atoms. The average Bonchev–Trinajstić information content (AvgIpc) is 2.38. The second-order valence-electron chi connectivity index (χ2n) is 4.13. The summed E-state index contributed by atoms with van der Waals surface area (Å²) < 4.78 is 0. The van der Waals surface area contributed by atoms with Gasteiger partial charge in [0.2, 0.25) is 0 Å². The summed E-state index contributed by atoms with van der Waals surface area (Å²) in [7, 11) is 0. The number of halogens is 1. The lowest BCUT2D eigenvalue weighted by Gasteiger charge is -2.06. The van der Waals surface area contributed by atoms with Crippen molar-refractivity contribution in [3.05, 3.63) is 62.9 Å². The van der Waals surface area contributed by atoms with Crippen LogP contribution < -0.4 is 5.32 Å². The Balaban J connectivity index is 2.22. The molecule has 7 heteroatoms. The van der Waals surface area contributed by atoms with Crippen LogP contribution in [-0.2, 0) is 0 Å². The van der Waals surface area contributed by atoms with Gasteiger partial charge < -0.3 is 5.32 Å². The molecule has 0 aliphatic heterocycles. The summed E-state index contributed by atoms with van der Waals surface area (Å²) in [6.07, 6.45) is 3.18. The molecule has 1 aromatic carbocycles. The Labute approximate surface area is 119 Å². The molecule has 0 atom stereocenters. The highest BCUT2D eigenvalue weighted by atomic mass is 35.5. The van der Waals surface area contributed by atoms with Crippen molar-refractivity contribution < 1.29 is 9.72 Å². The molecule has 0 saturated heterocycles. The summed E-state index contributed by atoms with van der Waals surface area (Å²) in [5.74, 6) is -0.408. The first kappa shape index (κ1) is 14.0. The van der Waals surface area contributed by atoms with Gasteiger partial charge in [-0.3, -0.25) is 19.9 Å². The largest absolute Gasteiger partial charge is 0.321 e. The van der Waals surface area contributed by atoms with Gasteiger partial charge in [0, 0.05) is 17.8 Å². The molecular weight excluding hydrogens is 282 g/mol. The van der Waals surface area contributed by atoms with Gasteiger partial charge in [-0.25, -0.2) is 0 Å². The summed E-state index contributed by atoms with van der Waals surface area (Å²) in [6.45, 7) is 1.85. The van der Waals surface area contributed by atoms with E-state index in [1.54, 1.807) is 12.3 Å². The number of nitro groups is 1. The monoisotopic (exact) mass is 291 g/mol. The lowest BCUT2D eigenvalue weighted by atomic mass is 10.2. The Kier molecular flexibility index (Phi) is 3.95. The van der Waals surface area contributed by atoms with E-state index in [0.717, 1.165) is 5.56 Å². The second-order valence-corrected chi connectivity index (χ2v) is 4.54. The topological polar surface area (TPSA) is 85.1 Å². The number of hydrogen-bond donors (Lipinski definition) is 1. The SMILES string of the molecule is Cc1cncc(NC(=O)c2ccc([N+](=O)[O-])c(Cl)c2)c1. The van der Waals surface area contributed by atoms with Crippen LogP contribution in [0.2, 0.25) is 5.02 Å². The van der Waals surface area contributed by atoms with Gasteiger partial charge in [0.1, 0.15) is 5.02 Å². The van der Waals surface area contributed by atoms with Crippen molar-refractivity contribution in [1.29, 1.82) is 0 Å². The van der Waals surface area contributed by atoms with Crippen molar-refractivity contribution in [2.45, 2.75) is 6.92 Å². The van der Waals surface area contributed by atoms with Crippen LogP contribution >= 0.6 is 11.6 Å². The summed E-state index contributed by atoms with van der Waals surface area (Å²) in [5.41, 5.74) is 1.46. The number of benzene rings is 1. The summed E-state index contributed by atoms with van der Waals surface area (Å²) in [6, 6.07) is 5.57. The third kappa shape index (κ3) is 3.10. The van der Waals surface area contributed by atoms with Crippen LogP contribution in [0.4, 0.5) is 11.4 Å². The van der Waals surface area contributed by atoms with Crippen molar-refractivity contribution in [3.63, 3.8) is 0 Å². The maximum atomic E-state index is 12.0. The van der Waals surface area contributed by atoms with Gasteiger partial charge in [-0.15, -0.1) is 0 Å². The summed E-state index contributed by atoms with van der Waals surface area (Å²) >= 11 is 5.76. The first-order valence-electron chi connectivity index (χ1n) is 5.64. The predicted molar refractivity (Wildman–Crippen MR) is 75.0 cm³/mol. The van der Waals surface area contributed by atoms with E-state index in [-0.39, 0.29) is 16.3 Å². The number of pyridine rings is 1. The molecule has 0 radical (unpaired) electrons. The summed E-state index contributed by atoms with van der Waals surface area (Å²) in [4.78, 5) is 26.0. The minimum atomic E-state index is -0.603. The molecule has 0 fully saturated rings. The van der Waals surface area contributed by atoms with Gasteiger partial charge in [-0.2, -0.15) is 0 Å². The molecule has 1 heterocycles. The maximum Gasteiger partial charge on any atom is 0.287 e. The van der Waals surface area contributed by atoms with E-state index in [4.69, 9.17) is 11.6 Å². The molecule has 0 aliphatic carbocycles. The number of carbonyl (C=O) groups is 1. The second kappa shape index (κ2) is 5.66. The molecule has 2 aromatic rings. The zero-order valence-electron chi connectivity index (χ0n) is 10.5. The Morgan fingerprint density at radius 1 is 1.35 bits per heavy atom. The number of aromatic nitrogens is 1. The number of amides is 1. The van der Waals surface area contributed by atoms with Crippen molar-refractivity contribution in [2.75, 3.05) is 5.32 Å². The highest BCUT2D eigenvalue weighted by Crippen LogP contribution is 2.25. The first-order valence-corrected chi connectivity index (χ1v) is 6.02. The van der Waals surface area contributed by atoms with Crippen LogP contribution in [0, 0.1) is 17.0 Å². The Bertz CT molecular complexity index is 688. The molecule has 102 valence electrons. The minimum Gasteiger partial charge on any atom is -0.321 e. The van der Waals surface area contributed by atoms with Gasteiger partial charge in [-0.05, 0) is 30.7 Å². The normalized spacial score (nSPS) is 10.1. The Morgan fingerprint density at radius 3 is 2.70 bits per heavy atom. The third-order valence-corrected chi connectivity index (χ3v) is 2.84. The highest BCUT2D eigenvalue weighted by molar-refractivity contribution is 6.33. The molecule has 1 N–H and O–H groups in total. The number of nitrogens with zero attached hydrogens (tertiary/aromatic N) is 2. The fourth-order valence-corrected chi connectivity index (χ4v) is 1.87. The van der Waals surface area contributed by atoms with Gasteiger partial charge in [0.25, 0.3) is 11.6 Å². The van der Waals surface area contributed by atoms with E-state index in [1.165, 1.54) is 24.4 Å². The molecule has 2 rings (SSSR count). The number of carbonyl (C=O) groups excluding carboxylic acids is 1. The number of aryl methyl sites for hydroxylation is 1. The lowest BCUT2D eigenvalue weighted by Crippen LogP contribution is -2.12. The van der Waals surface area contributed by atoms with Crippen LogP contribution in [0.1, 0.15) is 15.9 Å². The number of hydrogen-bond acceptors (Lipinski definition) is 4. The van der Waals surface area contributed by atoms with Gasteiger partial charge in [0.15, 0.2) is 0 Å². The van der Waals surface area contributed by atoms with Gasteiger partial charge >= 0.3 is 0 Å². The van der Waals surface area contributed by atoms with Crippen LogP contribution in [0.5, 0.6) is 0 Å². The third-order valence-electron chi connectivity index (χ3n) is 2.54. The smallest absolute Gasteiger partial charge is 0.287 e. The zero-order chi connectivity index (χ0) is 14.7. The molecule has 0 spiro atoms. The van der Waals surface area contributed by atoms with Crippen LogP contribution in [0.3, 0.4) is 0 Å². The highest BCUT2D eigenvalue weighted by Gasteiger charge is 2.15. The molecule has 6 nitrogen and oxygen atoms in total. The van der Waals surface area contributed by atoms with Crippen molar-refractivity contribution in [3.8, 4) is 0 Å². The van der Waals surface area contributed by atoms with E-state index in [2.05, 4.69) is 10.3 Å². The van der Waals surface area contributed by atoms with Gasteiger partial charge in [-0.1, -0.05) is 11.6 Å². The van der Waals surface area contributed by atoms with E-state index < -0.39 is 10.8 Å². The van der Waals surface area contributed by atoms with Crippen molar-refractivity contribution in [2.24, 2.45) is 0 Å². The van der Waals surface area contributed by atoms with E-state index in [9.17, 15) is 14.9 Å². The fourth-order valence-electron chi connectivity index (χ4n) is 1.62. The quantitative estimate of drug-likeness (QED) is 0.695. The molecule has 1 aromatic heterocycles. The maximum absolute atomic E-state index is 12.0. The van der Waals surface area contributed by atoms with Crippen LogP contribution in [0.15, 0.2) is 36.7 Å². The standard InChI is InChI=1S/C13H10ClN3O3/c1-8-4-10(7-15-6-8)16-13(18)9-2-3-12(17(19)20)11(14)5-9/h2-7H,1H3,(H,16,18).